The largest absolute Gasteiger partial charge is 0.354 e. The highest BCUT2D eigenvalue weighted by atomic mass is 15.3. The number of nitrogens with one attached hydrogen (secondary N) is 2. The second-order valence-electron chi connectivity index (χ2n) is 4.40. The predicted molar refractivity (Wildman–Crippen MR) is 68.6 cm³/mol. The van der Waals surface area contributed by atoms with Crippen LogP contribution in [-0.4, -0.2) is 33.8 Å². The van der Waals surface area contributed by atoms with E-state index in [4.69, 9.17) is 0 Å². The number of rotatable bonds is 4. The van der Waals surface area contributed by atoms with Gasteiger partial charge in [0.1, 0.15) is 12.2 Å². The van der Waals surface area contributed by atoms with Crippen molar-refractivity contribution in [1.29, 1.82) is 0 Å². The lowest BCUT2D eigenvalue weighted by Gasteiger charge is -2.20. The summed E-state index contributed by atoms with van der Waals surface area (Å²) in [5.74, 6) is 2.22. The summed E-state index contributed by atoms with van der Waals surface area (Å²) in [5, 5.41) is 10.6. The molecule has 0 radical (unpaired) electrons. The molecular weight excluding hydrogens is 216 g/mol. The minimum atomic E-state index is 0.376. The summed E-state index contributed by atoms with van der Waals surface area (Å²) in [5.41, 5.74) is 0. The molecule has 1 aromatic rings. The van der Waals surface area contributed by atoms with Gasteiger partial charge in [-0.05, 0) is 12.8 Å². The topological polar surface area (TPSA) is 67.1 Å². The van der Waals surface area contributed by atoms with Gasteiger partial charge < -0.3 is 10.6 Å². The van der Waals surface area contributed by atoms with Gasteiger partial charge in [0.25, 0.3) is 0 Å². The van der Waals surface area contributed by atoms with Gasteiger partial charge in [-0.3, -0.25) is 9.67 Å². The van der Waals surface area contributed by atoms with Gasteiger partial charge in [0, 0.05) is 20.1 Å². The normalized spacial score (nSPS) is 13.9. The first kappa shape index (κ1) is 13.5. The third kappa shape index (κ3) is 4.05. The van der Waals surface area contributed by atoms with Crippen LogP contribution >= 0.6 is 0 Å². The molecule has 1 atom stereocenters. The molecule has 1 unspecified atom stereocenters. The van der Waals surface area contributed by atoms with E-state index in [0.717, 1.165) is 11.8 Å². The Kier molecular flexibility index (Phi) is 4.93. The van der Waals surface area contributed by atoms with Crippen LogP contribution in [0.3, 0.4) is 0 Å². The zero-order valence-corrected chi connectivity index (χ0v) is 11.2. The van der Waals surface area contributed by atoms with Crippen molar-refractivity contribution in [2.75, 3.05) is 7.05 Å². The molecular formula is C11H22N6. The lowest BCUT2D eigenvalue weighted by Crippen LogP contribution is -2.44. The molecule has 0 saturated heterocycles. The monoisotopic (exact) mass is 238 g/mol. The summed E-state index contributed by atoms with van der Waals surface area (Å²) in [6.07, 6.45) is 1.55. The van der Waals surface area contributed by atoms with Crippen molar-refractivity contribution in [2.24, 2.45) is 18.0 Å². The highest BCUT2D eigenvalue weighted by molar-refractivity contribution is 5.79. The zero-order valence-electron chi connectivity index (χ0n) is 11.2. The molecule has 0 aromatic carbocycles. The zero-order chi connectivity index (χ0) is 12.8. The number of hydrogen-bond donors (Lipinski definition) is 2. The van der Waals surface area contributed by atoms with E-state index in [1.165, 1.54) is 0 Å². The molecule has 0 aliphatic carbocycles. The molecule has 0 amide bonds. The van der Waals surface area contributed by atoms with Crippen molar-refractivity contribution in [2.45, 2.75) is 33.4 Å². The van der Waals surface area contributed by atoms with Crippen LogP contribution in [0, 0.1) is 5.92 Å². The Morgan fingerprint density at radius 1 is 1.47 bits per heavy atom. The second-order valence-corrected chi connectivity index (χ2v) is 4.40. The lowest BCUT2D eigenvalue weighted by molar-refractivity contribution is 0.480. The van der Waals surface area contributed by atoms with Crippen LogP contribution in [0.2, 0.25) is 0 Å². The molecule has 1 rings (SSSR count). The van der Waals surface area contributed by atoms with Crippen molar-refractivity contribution in [3.8, 4) is 0 Å². The predicted octanol–water partition coefficient (Wildman–Crippen LogP) is 0.525. The molecule has 0 fully saturated rings. The van der Waals surface area contributed by atoms with E-state index in [0.29, 0.717) is 18.5 Å². The van der Waals surface area contributed by atoms with Crippen LogP contribution in [0.25, 0.3) is 0 Å². The molecule has 96 valence electrons. The summed E-state index contributed by atoms with van der Waals surface area (Å²) >= 11 is 0. The average molecular weight is 238 g/mol. The summed E-state index contributed by atoms with van der Waals surface area (Å²) in [6.45, 7) is 7.10. The van der Waals surface area contributed by atoms with Crippen molar-refractivity contribution in [1.82, 2.24) is 25.4 Å². The molecule has 0 bridgehead atoms. The Labute approximate surface area is 103 Å². The SMILES string of the molecule is CN=C(NCc1ncnn1C)NC(C)C(C)C. The number of aryl methyl sites for hydroxylation is 1. The summed E-state index contributed by atoms with van der Waals surface area (Å²) < 4.78 is 1.74. The van der Waals surface area contributed by atoms with Crippen molar-refractivity contribution in [3.05, 3.63) is 12.2 Å². The lowest BCUT2D eigenvalue weighted by atomic mass is 10.1. The van der Waals surface area contributed by atoms with Gasteiger partial charge in [0.05, 0.1) is 6.54 Å². The van der Waals surface area contributed by atoms with E-state index < -0.39 is 0 Å². The van der Waals surface area contributed by atoms with Gasteiger partial charge >= 0.3 is 0 Å². The molecule has 0 spiro atoms. The van der Waals surface area contributed by atoms with Crippen molar-refractivity contribution in [3.63, 3.8) is 0 Å². The summed E-state index contributed by atoms with van der Waals surface area (Å²) in [6, 6.07) is 0.376. The van der Waals surface area contributed by atoms with Crippen LogP contribution in [0.1, 0.15) is 26.6 Å². The fraction of sp³-hybridized carbons (Fsp3) is 0.727. The Morgan fingerprint density at radius 3 is 2.65 bits per heavy atom. The average Bonchev–Trinajstić information content (AvgIpc) is 2.69. The Morgan fingerprint density at radius 2 is 2.18 bits per heavy atom. The molecule has 0 aliphatic heterocycles. The number of aromatic nitrogens is 3. The van der Waals surface area contributed by atoms with E-state index >= 15 is 0 Å². The number of aliphatic imine (C=N–C) groups is 1. The Bertz CT molecular complexity index is 368. The van der Waals surface area contributed by atoms with Gasteiger partial charge in [-0.2, -0.15) is 5.10 Å². The first-order chi connectivity index (χ1) is 8.04. The molecule has 0 saturated carbocycles. The molecule has 6 heteroatoms. The van der Waals surface area contributed by atoms with E-state index in [9.17, 15) is 0 Å². The van der Waals surface area contributed by atoms with E-state index in [1.54, 1.807) is 18.1 Å². The Hall–Kier alpha value is -1.59. The van der Waals surface area contributed by atoms with Crippen molar-refractivity contribution >= 4 is 5.96 Å². The third-order valence-corrected chi connectivity index (χ3v) is 2.81. The van der Waals surface area contributed by atoms with E-state index in [2.05, 4.69) is 46.5 Å². The smallest absolute Gasteiger partial charge is 0.191 e. The maximum atomic E-state index is 4.18. The number of guanidine groups is 1. The van der Waals surface area contributed by atoms with Crippen LogP contribution < -0.4 is 10.6 Å². The maximum absolute atomic E-state index is 4.18. The Balaban J connectivity index is 2.46. The van der Waals surface area contributed by atoms with Crippen molar-refractivity contribution < 1.29 is 0 Å². The van der Waals surface area contributed by atoms with E-state index in [-0.39, 0.29) is 0 Å². The first-order valence-electron chi connectivity index (χ1n) is 5.84. The minimum Gasteiger partial charge on any atom is -0.354 e. The van der Waals surface area contributed by atoms with Crippen LogP contribution in [-0.2, 0) is 13.6 Å². The molecule has 0 aliphatic rings. The molecule has 2 N–H and O–H groups in total. The van der Waals surface area contributed by atoms with E-state index in [1.807, 2.05) is 7.05 Å². The van der Waals surface area contributed by atoms with Gasteiger partial charge in [0.15, 0.2) is 5.96 Å². The molecule has 6 nitrogen and oxygen atoms in total. The first-order valence-corrected chi connectivity index (χ1v) is 5.84. The highest BCUT2D eigenvalue weighted by Crippen LogP contribution is 1.99. The van der Waals surface area contributed by atoms with Gasteiger partial charge in [-0.15, -0.1) is 0 Å². The highest BCUT2D eigenvalue weighted by Gasteiger charge is 2.09. The summed E-state index contributed by atoms with van der Waals surface area (Å²) in [7, 11) is 3.63. The molecule has 17 heavy (non-hydrogen) atoms. The van der Waals surface area contributed by atoms with Crippen LogP contribution in [0.4, 0.5) is 0 Å². The van der Waals surface area contributed by atoms with Gasteiger partial charge in [0.2, 0.25) is 0 Å². The third-order valence-electron chi connectivity index (χ3n) is 2.81. The van der Waals surface area contributed by atoms with Gasteiger partial charge in [-0.1, -0.05) is 13.8 Å². The maximum Gasteiger partial charge on any atom is 0.191 e. The molecule has 1 aromatic heterocycles. The fourth-order valence-corrected chi connectivity index (χ4v) is 1.22. The summed E-state index contributed by atoms with van der Waals surface area (Å²) in [4.78, 5) is 8.32. The number of nitrogens with zero attached hydrogens (tertiary/aromatic N) is 4. The number of hydrogen-bond acceptors (Lipinski definition) is 3. The standard InChI is InChI=1S/C11H22N6/c1-8(2)9(3)16-11(12-4)13-6-10-14-7-15-17(10)5/h7-9H,6H2,1-5H3,(H2,12,13,16). The second kappa shape index (κ2) is 6.22. The quantitative estimate of drug-likeness (QED) is 0.593. The van der Waals surface area contributed by atoms with Crippen LogP contribution in [0.15, 0.2) is 11.3 Å². The minimum absolute atomic E-state index is 0.376. The fourth-order valence-electron chi connectivity index (χ4n) is 1.22. The van der Waals surface area contributed by atoms with Crippen LogP contribution in [0.5, 0.6) is 0 Å². The van der Waals surface area contributed by atoms with Gasteiger partial charge in [-0.25, -0.2) is 4.98 Å². The molecule has 1 heterocycles.